The molecule has 0 aliphatic rings. The zero-order valence-electron chi connectivity index (χ0n) is 9.73. The van der Waals surface area contributed by atoms with Crippen LogP contribution in [0, 0.1) is 6.92 Å². The highest BCUT2D eigenvalue weighted by atomic mass is 32.1. The summed E-state index contributed by atoms with van der Waals surface area (Å²) >= 11 is 1.67. The lowest BCUT2D eigenvalue weighted by molar-refractivity contribution is 0.730. The van der Waals surface area contributed by atoms with Crippen LogP contribution in [0.2, 0.25) is 0 Å². The van der Waals surface area contributed by atoms with Gasteiger partial charge in [-0.3, -0.25) is 4.40 Å². The zero-order chi connectivity index (χ0) is 11.4. The fourth-order valence-electron chi connectivity index (χ4n) is 1.64. The van der Waals surface area contributed by atoms with Gasteiger partial charge in [0.05, 0.1) is 11.4 Å². The first-order chi connectivity index (χ1) is 7.83. The van der Waals surface area contributed by atoms with E-state index in [1.807, 2.05) is 0 Å². The largest absolute Gasteiger partial charge is 0.313 e. The number of rotatable bonds is 5. The summed E-state index contributed by atoms with van der Waals surface area (Å²) in [7, 11) is 0. The van der Waals surface area contributed by atoms with Crippen molar-refractivity contribution in [1.29, 1.82) is 0 Å². The van der Waals surface area contributed by atoms with Crippen LogP contribution < -0.4 is 5.32 Å². The molecule has 2 heterocycles. The Kier molecular flexibility index (Phi) is 3.74. The molecule has 0 saturated carbocycles. The van der Waals surface area contributed by atoms with E-state index in [0.29, 0.717) is 0 Å². The molecule has 2 aromatic heterocycles. The number of hydrogen-bond donors (Lipinski definition) is 1. The number of fused-ring (bicyclic) bond motifs is 1. The van der Waals surface area contributed by atoms with Crippen LogP contribution in [0.5, 0.6) is 0 Å². The number of nitrogens with zero attached hydrogens (tertiary/aromatic N) is 2. The van der Waals surface area contributed by atoms with E-state index in [9.17, 15) is 0 Å². The van der Waals surface area contributed by atoms with Crippen LogP contribution in [0.4, 0.5) is 0 Å². The van der Waals surface area contributed by atoms with Gasteiger partial charge in [-0.2, -0.15) is 0 Å². The number of thiazole rings is 1. The predicted molar refractivity (Wildman–Crippen MR) is 70.0 cm³/mol. The highest BCUT2D eigenvalue weighted by Crippen LogP contribution is 2.17. The lowest BCUT2D eigenvalue weighted by atomic mass is 10.3. The van der Waals surface area contributed by atoms with Crippen LogP contribution in [0.1, 0.15) is 24.7 Å². The molecule has 0 radical (unpaired) electrons. The van der Waals surface area contributed by atoms with Crippen molar-refractivity contribution in [2.45, 2.75) is 20.3 Å². The van der Waals surface area contributed by atoms with Crippen molar-refractivity contribution in [3.05, 3.63) is 29.0 Å². The second-order valence-electron chi connectivity index (χ2n) is 3.74. The van der Waals surface area contributed by atoms with Crippen LogP contribution in [0.25, 0.3) is 11.0 Å². The van der Waals surface area contributed by atoms with E-state index in [0.717, 1.165) is 23.7 Å². The Morgan fingerprint density at radius 3 is 3.25 bits per heavy atom. The summed E-state index contributed by atoms with van der Waals surface area (Å²) in [6.45, 7) is 6.22. The topological polar surface area (TPSA) is 29.3 Å². The van der Waals surface area contributed by atoms with E-state index in [4.69, 9.17) is 0 Å². The van der Waals surface area contributed by atoms with Crippen LogP contribution in [0.3, 0.4) is 0 Å². The molecule has 0 aromatic carbocycles. The molecule has 2 rings (SSSR count). The fourth-order valence-corrected chi connectivity index (χ4v) is 2.41. The molecule has 0 aliphatic heterocycles. The molecule has 3 nitrogen and oxygen atoms in total. The molecule has 0 bridgehead atoms. The molecule has 86 valence electrons. The summed E-state index contributed by atoms with van der Waals surface area (Å²) in [5, 5.41) is 5.41. The minimum Gasteiger partial charge on any atom is -0.313 e. The molecule has 16 heavy (non-hydrogen) atoms. The van der Waals surface area contributed by atoms with Crippen LogP contribution in [-0.4, -0.2) is 22.5 Å². The molecule has 1 N–H and O–H groups in total. The lowest BCUT2D eigenvalue weighted by Gasteiger charge is -1.96. The Balaban J connectivity index is 2.07. The van der Waals surface area contributed by atoms with Gasteiger partial charge in [-0.05, 0) is 26.0 Å². The molecule has 4 heteroatoms. The van der Waals surface area contributed by atoms with Crippen LogP contribution in [0.15, 0.2) is 17.7 Å². The van der Waals surface area contributed by atoms with E-state index in [2.05, 4.69) is 52.3 Å². The molecule has 0 amide bonds. The minimum atomic E-state index is 0.921. The van der Waals surface area contributed by atoms with Crippen molar-refractivity contribution in [3.8, 4) is 0 Å². The smallest absolute Gasteiger partial charge is 0.194 e. The first kappa shape index (κ1) is 11.4. The Labute approximate surface area is 99.8 Å². The SMILES string of the molecule is CCCNCC=Cc1c(C)nc2sccn12. The van der Waals surface area contributed by atoms with Gasteiger partial charge in [0, 0.05) is 18.1 Å². The molecule has 2 aromatic rings. The molecule has 0 atom stereocenters. The summed E-state index contributed by atoms with van der Waals surface area (Å²) in [5.74, 6) is 0. The van der Waals surface area contributed by atoms with Gasteiger partial charge in [-0.25, -0.2) is 4.98 Å². The maximum absolute atomic E-state index is 4.50. The van der Waals surface area contributed by atoms with E-state index in [1.165, 1.54) is 12.1 Å². The van der Waals surface area contributed by atoms with Crippen molar-refractivity contribution < 1.29 is 0 Å². The van der Waals surface area contributed by atoms with Gasteiger partial charge in [0.25, 0.3) is 0 Å². The first-order valence-corrected chi connectivity index (χ1v) is 6.50. The van der Waals surface area contributed by atoms with Gasteiger partial charge in [0.1, 0.15) is 0 Å². The van der Waals surface area contributed by atoms with Crippen molar-refractivity contribution in [2.24, 2.45) is 0 Å². The summed E-state index contributed by atoms with van der Waals surface area (Å²) < 4.78 is 2.14. The Morgan fingerprint density at radius 2 is 2.44 bits per heavy atom. The molecule has 0 spiro atoms. The normalized spacial score (nSPS) is 11.9. The van der Waals surface area contributed by atoms with Gasteiger partial charge in [0.2, 0.25) is 0 Å². The standard InChI is InChI=1S/C12H17N3S/c1-3-6-13-7-4-5-11-10(2)14-12-15(11)8-9-16-12/h4-5,8-9,13H,3,6-7H2,1-2H3. The van der Waals surface area contributed by atoms with Gasteiger partial charge < -0.3 is 5.32 Å². The number of hydrogen-bond acceptors (Lipinski definition) is 3. The Morgan fingerprint density at radius 1 is 1.56 bits per heavy atom. The second kappa shape index (κ2) is 5.27. The van der Waals surface area contributed by atoms with Gasteiger partial charge in [-0.1, -0.05) is 13.0 Å². The number of aromatic nitrogens is 2. The molecule has 0 aliphatic carbocycles. The van der Waals surface area contributed by atoms with Crippen molar-refractivity contribution in [3.63, 3.8) is 0 Å². The van der Waals surface area contributed by atoms with Crippen LogP contribution >= 0.6 is 11.3 Å². The van der Waals surface area contributed by atoms with E-state index in [-0.39, 0.29) is 0 Å². The van der Waals surface area contributed by atoms with E-state index >= 15 is 0 Å². The number of nitrogens with one attached hydrogen (secondary N) is 1. The second-order valence-corrected chi connectivity index (χ2v) is 4.62. The molecular weight excluding hydrogens is 218 g/mol. The molecular formula is C12H17N3S. The molecule has 0 unspecified atom stereocenters. The summed E-state index contributed by atoms with van der Waals surface area (Å²) in [4.78, 5) is 5.57. The zero-order valence-corrected chi connectivity index (χ0v) is 10.5. The van der Waals surface area contributed by atoms with Gasteiger partial charge in [0.15, 0.2) is 4.96 Å². The third-order valence-corrected chi connectivity index (χ3v) is 3.20. The third kappa shape index (κ3) is 2.33. The Bertz CT molecular complexity index is 481. The highest BCUT2D eigenvalue weighted by molar-refractivity contribution is 7.15. The molecule has 0 fully saturated rings. The predicted octanol–water partition coefficient (Wildman–Crippen LogP) is 2.72. The van der Waals surface area contributed by atoms with Crippen molar-refractivity contribution in [1.82, 2.24) is 14.7 Å². The Hall–Kier alpha value is -1.13. The quantitative estimate of drug-likeness (QED) is 0.807. The highest BCUT2D eigenvalue weighted by Gasteiger charge is 2.05. The van der Waals surface area contributed by atoms with Crippen LogP contribution in [-0.2, 0) is 0 Å². The summed E-state index contributed by atoms with van der Waals surface area (Å²) in [6, 6.07) is 0. The van der Waals surface area contributed by atoms with Gasteiger partial charge in [-0.15, -0.1) is 11.3 Å². The van der Waals surface area contributed by atoms with Crippen molar-refractivity contribution >= 4 is 22.4 Å². The van der Waals surface area contributed by atoms with E-state index in [1.54, 1.807) is 11.3 Å². The maximum atomic E-state index is 4.50. The average molecular weight is 235 g/mol. The average Bonchev–Trinajstić information content (AvgIpc) is 2.80. The monoisotopic (exact) mass is 235 g/mol. The minimum absolute atomic E-state index is 0.921. The number of imidazole rings is 1. The number of aryl methyl sites for hydroxylation is 1. The third-order valence-electron chi connectivity index (χ3n) is 2.45. The molecule has 0 saturated heterocycles. The summed E-state index contributed by atoms with van der Waals surface area (Å²) in [6.07, 6.45) is 7.54. The van der Waals surface area contributed by atoms with E-state index < -0.39 is 0 Å². The summed E-state index contributed by atoms with van der Waals surface area (Å²) in [5.41, 5.74) is 2.29. The maximum Gasteiger partial charge on any atom is 0.194 e. The van der Waals surface area contributed by atoms with Crippen molar-refractivity contribution in [2.75, 3.05) is 13.1 Å². The fraction of sp³-hybridized carbons (Fsp3) is 0.417. The first-order valence-electron chi connectivity index (χ1n) is 5.62. The lowest BCUT2D eigenvalue weighted by Crippen LogP contribution is -2.13. The van der Waals surface area contributed by atoms with Gasteiger partial charge >= 0.3 is 0 Å².